The minimum Gasteiger partial charge on any atom is -0.411 e. The van der Waals surface area contributed by atoms with Gasteiger partial charge in [0.25, 0.3) is 0 Å². The van der Waals surface area contributed by atoms with Crippen LogP contribution in [0.25, 0.3) is 0 Å². The first-order valence-corrected chi connectivity index (χ1v) is 11.8. The number of hydrogen-bond acceptors (Lipinski definition) is 6. The molecule has 6 nitrogen and oxygen atoms in total. The maximum atomic E-state index is 12.0. The molecule has 3 N–H and O–H groups in total. The van der Waals surface area contributed by atoms with E-state index in [2.05, 4.69) is 29.5 Å². The minimum atomic E-state index is -1.11. The van der Waals surface area contributed by atoms with Crippen LogP contribution in [0.1, 0.15) is 78.1 Å². The van der Waals surface area contributed by atoms with Crippen molar-refractivity contribution >= 4 is 11.4 Å². The Labute approximate surface area is 174 Å². The third kappa shape index (κ3) is 2.88. The van der Waals surface area contributed by atoms with E-state index >= 15 is 0 Å². The standard InChI is InChI=1S/C23H37N3O3/c1-21-8-3-4-18(21)17-12-20(25-28)23(27)13-15(26-29-16-7-11-24-14-16)5-10-22(23,2)19(17)6-9-21/h16-19,24,27-28H,3-14H2,1-2H3/b25-20+,26-15-/t16-,17-,18-,19-,21-,22+,23-/m0/s1. The molecule has 5 aliphatic rings. The Bertz CT molecular complexity index is 718. The van der Waals surface area contributed by atoms with Gasteiger partial charge in [0.2, 0.25) is 0 Å². The normalized spacial score (nSPS) is 52.2. The fourth-order valence-corrected chi connectivity index (χ4v) is 7.94. The first-order valence-electron chi connectivity index (χ1n) is 11.8. The highest BCUT2D eigenvalue weighted by Crippen LogP contribution is 2.66. The van der Waals surface area contributed by atoms with Crippen LogP contribution in [0.4, 0.5) is 0 Å². The molecule has 0 spiro atoms. The molecule has 1 saturated heterocycles. The van der Waals surface area contributed by atoms with E-state index in [1.807, 2.05) is 0 Å². The van der Waals surface area contributed by atoms with Crippen molar-refractivity contribution in [2.75, 3.05) is 13.1 Å². The second-order valence-electron chi connectivity index (χ2n) is 11.0. The molecule has 0 aromatic rings. The first kappa shape index (κ1) is 19.8. The second kappa shape index (κ2) is 6.94. The average Bonchev–Trinajstić information content (AvgIpc) is 3.35. The summed E-state index contributed by atoms with van der Waals surface area (Å²) in [6.07, 6.45) is 10.4. The molecule has 1 heterocycles. The van der Waals surface area contributed by atoms with Gasteiger partial charge in [-0.1, -0.05) is 30.6 Å². The Morgan fingerprint density at radius 1 is 1.10 bits per heavy atom. The van der Waals surface area contributed by atoms with Gasteiger partial charge in [-0.05, 0) is 74.7 Å². The van der Waals surface area contributed by atoms with Gasteiger partial charge in [-0.3, -0.25) is 0 Å². The van der Waals surface area contributed by atoms with Crippen molar-refractivity contribution in [1.82, 2.24) is 5.32 Å². The van der Waals surface area contributed by atoms with Gasteiger partial charge in [0, 0.05) is 24.8 Å². The molecule has 0 aromatic carbocycles. The predicted octanol–water partition coefficient (Wildman–Crippen LogP) is 3.71. The summed E-state index contributed by atoms with van der Waals surface area (Å²) in [7, 11) is 0. The van der Waals surface area contributed by atoms with Gasteiger partial charge in [-0.15, -0.1) is 0 Å². The molecule has 4 saturated carbocycles. The molecule has 5 rings (SSSR count). The molecule has 7 atom stereocenters. The van der Waals surface area contributed by atoms with Crippen LogP contribution in [0.5, 0.6) is 0 Å². The summed E-state index contributed by atoms with van der Waals surface area (Å²) in [5.41, 5.74) is 0.585. The van der Waals surface area contributed by atoms with Crippen LogP contribution in [0.2, 0.25) is 0 Å². The lowest BCUT2D eigenvalue weighted by molar-refractivity contribution is -0.134. The highest BCUT2D eigenvalue weighted by Gasteiger charge is 2.65. The van der Waals surface area contributed by atoms with Gasteiger partial charge in [0.15, 0.2) is 0 Å². The van der Waals surface area contributed by atoms with E-state index in [0.717, 1.165) is 44.5 Å². The number of nitrogens with one attached hydrogen (secondary N) is 1. The number of aliphatic hydroxyl groups is 1. The molecule has 0 radical (unpaired) electrons. The molecule has 4 aliphatic carbocycles. The van der Waals surface area contributed by atoms with E-state index in [1.165, 1.54) is 32.1 Å². The molecule has 6 heteroatoms. The molecule has 0 bridgehead atoms. The molecule has 0 aromatic heterocycles. The number of oxime groups is 2. The van der Waals surface area contributed by atoms with E-state index in [-0.39, 0.29) is 11.5 Å². The summed E-state index contributed by atoms with van der Waals surface area (Å²) < 4.78 is 0. The number of fused-ring (bicyclic) bond motifs is 5. The van der Waals surface area contributed by atoms with Crippen LogP contribution < -0.4 is 5.32 Å². The molecular formula is C23H37N3O3. The first-order chi connectivity index (χ1) is 13.9. The quantitative estimate of drug-likeness (QED) is 0.485. The molecule has 0 amide bonds. The molecule has 162 valence electrons. The third-order valence-corrected chi connectivity index (χ3v) is 9.75. The van der Waals surface area contributed by atoms with Crippen molar-refractivity contribution in [2.45, 2.75) is 89.8 Å². The van der Waals surface area contributed by atoms with E-state index in [0.29, 0.717) is 35.3 Å². The largest absolute Gasteiger partial charge is 0.411 e. The average molecular weight is 404 g/mol. The van der Waals surface area contributed by atoms with E-state index in [9.17, 15) is 10.3 Å². The van der Waals surface area contributed by atoms with Crippen LogP contribution in [-0.4, -0.2) is 46.5 Å². The van der Waals surface area contributed by atoms with Crippen LogP contribution in [-0.2, 0) is 4.84 Å². The van der Waals surface area contributed by atoms with Crippen molar-refractivity contribution < 1.29 is 15.2 Å². The molecule has 5 fully saturated rings. The van der Waals surface area contributed by atoms with Crippen molar-refractivity contribution in [2.24, 2.45) is 38.9 Å². The number of rotatable bonds is 2. The van der Waals surface area contributed by atoms with E-state index in [4.69, 9.17) is 4.84 Å². The Balaban J connectivity index is 1.42. The molecular weight excluding hydrogens is 366 g/mol. The predicted molar refractivity (Wildman–Crippen MR) is 112 cm³/mol. The number of nitrogens with zero attached hydrogens (tertiary/aromatic N) is 2. The Kier molecular flexibility index (Phi) is 4.74. The van der Waals surface area contributed by atoms with Crippen molar-refractivity contribution in [3.63, 3.8) is 0 Å². The van der Waals surface area contributed by atoms with Crippen molar-refractivity contribution in [1.29, 1.82) is 0 Å². The maximum absolute atomic E-state index is 12.0. The van der Waals surface area contributed by atoms with Gasteiger partial charge < -0.3 is 20.5 Å². The van der Waals surface area contributed by atoms with Crippen LogP contribution in [0.15, 0.2) is 10.3 Å². The lowest BCUT2D eigenvalue weighted by atomic mass is 9.43. The zero-order valence-corrected chi connectivity index (χ0v) is 18.0. The van der Waals surface area contributed by atoms with Crippen LogP contribution in [0, 0.1) is 28.6 Å². The van der Waals surface area contributed by atoms with Gasteiger partial charge in [-0.2, -0.15) is 0 Å². The Morgan fingerprint density at radius 2 is 1.97 bits per heavy atom. The Morgan fingerprint density at radius 3 is 2.72 bits per heavy atom. The minimum absolute atomic E-state index is 0.130. The van der Waals surface area contributed by atoms with Gasteiger partial charge in [-0.25, -0.2) is 0 Å². The van der Waals surface area contributed by atoms with Crippen molar-refractivity contribution in [3.05, 3.63) is 0 Å². The highest BCUT2D eigenvalue weighted by atomic mass is 16.6. The highest BCUT2D eigenvalue weighted by molar-refractivity contribution is 6.00. The lowest BCUT2D eigenvalue weighted by Crippen LogP contribution is -2.66. The topological polar surface area (TPSA) is 86.4 Å². The SMILES string of the molecule is C[C@@]12CCC[C@H]1[C@@H]1C/C(=N\O)[C@@]3(O)C/C(=N\O[C@H]4CCNC4)CC[C@]3(C)[C@H]1CC2. The van der Waals surface area contributed by atoms with Crippen molar-refractivity contribution in [3.8, 4) is 0 Å². The number of hydrogen-bond donors (Lipinski definition) is 3. The molecule has 1 aliphatic heterocycles. The smallest absolute Gasteiger partial charge is 0.141 e. The van der Waals surface area contributed by atoms with Gasteiger partial charge in [0.05, 0.1) is 11.4 Å². The molecule has 29 heavy (non-hydrogen) atoms. The summed E-state index contributed by atoms with van der Waals surface area (Å²) in [5.74, 6) is 1.73. The monoisotopic (exact) mass is 403 g/mol. The van der Waals surface area contributed by atoms with Gasteiger partial charge >= 0.3 is 0 Å². The summed E-state index contributed by atoms with van der Waals surface area (Å²) in [6.45, 7) is 6.54. The third-order valence-electron chi connectivity index (χ3n) is 9.75. The van der Waals surface area contributed by atoms with Crippen LogP contribution >= 0.6 is 0 Å². The van der Waals surface area contributed by atoms with E-state index in [1.54, 1.807) is 0 Å². The van der Waals surface area contributed by atoms with Crippen LogP contribution in [0.3, 0.4) is 0 Å². The molecule has 0 unspecified atom stereocenters. The summed E-state index contributed by atoms with van der Waals surface area (Å²) in [5, 5.41) is 33.4. The zero-order chi connectivity index (χ0) is 20.3. The zero-order valence-electron chi connectivity index (χ0n) is 18.0. The lowest BCUT2D eigenvalue weighted by Gasteiger charge is -2.62. The summed E-state index contributed by atoms with van der Waals surface area (Å²) in [6, 6.07) is 0. The fraction of sp³-hybridized carbons (Fsp3) is 0.913. The summed E-state index contributed by atoms with van der Waals surface area (Å²) in [4.78, 5) is 5.76. The second-order valence-corrected chi connectivity index (χ2v) is 11.0. The van der Waals surface area contributed by atoms with E-state index < -0.39 is 5.60 Å². The Hall–Kier alpha value is -1.14. The maximum Gasteiger partial charge on any atom is 0.141 e. The van der Waals surface area contributed by atoms with Gasteiger partial charge in [0.1, 0.15) is 11.7 Å². The summed E-state index contributed by atoms with van der Waals surface area (Å²) >= 11 is 0. The fourth-order valence-electron chi connectivity index (χ4n) is 7.94.